The van der Waals surface area contributed by atoms with E-state index in [0.29, 0.717) is 16.1 Å². The highest BCUT2D eigenvalue weighted by Gasteiger charge is 2.33. The zero-order chi connectivity index (χ0) is 23.5. The van der Waals surface area contributed by atoms with Crippen LogP contribution >= 0.6 is 34.2 Å². The van der Waals surface area contributed by atoms with Gasteiger partial charge in [0.05, 0.1) is 31.6 Å². The van der Waals surface area contributed by atoms with Crippen LogP contribution in [0.2, 0.25) is 5.02 Å². The van der Waals surface area contributed by atoms with Gasteiger partial charge in [-0.2, -0.15) is 14.0 Å². The third-order valence-electron chi connectivity index (χ3n) is 4.53. The molecule has 2 aromatic heterocycles. The Morgan fingerprint density at radius 1 is 1.28 bits per heavy atom. The molecule has 0 saturated heterocycles. The van der Waals surface area contributed by atoms with Crippen molar-refractivity contribution in [3.63, 3.8) is 0 Å². The Labute approximate surface area is 199 Å². The van der Waals surface area contributed by atoms with Crippen LogP contribution in [0, 0.1) is 11.3 Å². The highest BCUT2D eigenvalue weighted by Crippen LogP contribution is 2.35. The quantitative estimate of drug-likeness (QED) is 0.343. The molecule has 0 aliphatic heterocycles. The molecule has 1 N–H and O–H groups in total. The van der Waals surface area contributed by atoms with Crippen LogP contribution in [0.5, 0.6) is 5.88 Å². The van der Waals surface area contributed by atoms with Crippen LogP contribution in [-0.4, -0.2) is 26.9 Å². The van der Waals surface area contributed by atoms with E-state index in [9.17, 15) is 18.4 Å². The number of hydrogen-bond donors (Lipinski definition) is 1. The summed E-state index contributed by atoms with van der Waals surface area (Å²) in [4.78, 5) is 28.5. The van der Waals surface area contributed by atoms with E-state index in [1.807, 2.05) is 6.07 Å². The van der Waals surface area contributed by atoms with Gasteiger partial charge >= 0.3 is 3.93 Å². The maximum absolute atomic E-state index is 14.2. The number of ether oxygens (including phenoxy) is 1. The summed E-state index contributed by atoms with van der Waals surface area (Å²) in [6.07, 6.45) is 1.13. The monoisotopic (exact) mass is 573 g/mol. The lowest BCUT2D eigenvalue weighted by atomic mass is 10.0. The fraction of sp³-hybridized carbons (Fsp3) is 0.250. The van der Waals surface area contributed by atoms with E-state index in [-0.39, 0.29) is 36.4 Å². The lowest BCUT2D eigenvalue weighted by molar-refractivity contribution is 0.120. The molecule has 3 rings (SSSR count). The number of aromatic amines is 1. The zero-order valence-electron chi connectivity index (χ0n) is 16.5. The van der Waals surface area contributed by atoms with Crippen LogP contribution in [0.3, 0.4) is 0 Å². The molecule has 0 saturated carbocycles. The third-order valence-corrected chi connectivity index (χ3v) is 5.26. The maximum Gasteiger partial charge on any atom is 0.338 e. The largest absolute Gasteiger partial charge is 0.480 e. The first-order chi connectivity index (χ1) is 15.1. The van der Waals surface area contributed by atoms with Crippen LogP contribution in [-0.2, 0) is 23.3 Å². The number of nitriles is 1. The summed E-state index contributed by atoms with van der Waals surface area (Å²) in [5.41, 5.74) is -0.784. The Kier molecular flexibility index (Phi) is 7.25. The van der Waals surface area contributed by atoms with Crippen LogP contribution in [0.4, 0.5) is 8.78 Å². The highest BCUT2D eigenvalue weighted by atomic mass is 127. The Balaban J connectivity index is 2.02. The molecule has 1 aromatic carbocycles. The van der Waals surface area contributed by atoms with Gasteiger partial charge in [0, 0.05) is 44.8 Å². The van der Waals surface area contributed by atoms with E-state index >= 15 is 0 Å². The number of benzene rings is 1. The minimum absolute atomic E-state index is 0.0590. The van der Waals surface area contributed by atoms with Crippen LogP contribution < -0.4 is 15.9 Å². The van der Waals surface area contributed by atoms with Crippen molar-refractivity contribution in [3.8, 4) is 11.9 Å². The van der Waals surface area contributed by atoms with Crippen molar-refractivity contribution in [2.75, 3.05) is 7.11 Å². The molecule has 0 unspecified atom stereocenters. The summed E-state index contributed by atoms with van der Waals surface area (Å²) in [5, 5.41) is 15.4. The van der Waals surface area contributed by atoms with Gasteiger partial charge in [-0.15, -0.1) is 5.10 Å². The molecule has 0 spiro atoms. The molecule has 0 aliphatic rings. The Bertz CT molecular complexity index is 1310. The zero-order valence-corrected chi connectivity index (χ0v) is 19.4. The Hall–Kier alpha value is -2.85. The second-order valence-electron chi connectivity index (χ2n) is 6.73. The molecule has 12 heteroatoms. The summed E-state index contributed by atoms with van der Waals surface area (Å²) in [6.45, 7) is -0.151. The van der Waals surface area contributed by atoms with Crippen LogP contribution in [0.15, 0.2) is 40.2 Å². The van der Waals surface area contributed by atoms with Crippen LogP contribution in [0.1, 0.15) is 27.9 Å². The molecule has 0 aliphatic carbocycles. The fourth-order valence-electron chi connectivity index (χ4n) is 3.15. The van der Waals surface area contributed by atoms with Gasteiger partial charge in [-0.25, -0.2) is 10.1 Å². The number of halogens is 4. The molecule has 8 nitrogen and oxygen atoms in total. The van der Waals surface area contributed by atoms with Crippen molar-refractivity contribution in [2.45, 2.75) is 23.3 Å². The molecule has 0 fully saturated rings. The molecular formula is C20H15ClF2IN5O3. The molecule has 0 atom stereocenters. The molecule has 2 heterocycles. The number of alkyl halides is 3. The number of aryl methyl sites for hydroxylation is 1. The lowest BCUT2D eigenvalue weighted by Crippen LogP contribution is -2.30. The predicted molar refractivity (Wildman–Crippen MR) is 120 cm³/mol. The number of aromatic nitrogens is 4. The van der Waals surface area contributed by atoms with Gasteiger partial charge in [0.1, 0.15) is 5.69 Å². The molecule has 166 valence electrons. The Morgan fingerprint density at radius 2 is 2.03 bits per heavy atom. The normalized spacial score (nSPS) is 11.2. The first-order valence-corrected chi connectivity index (χ1v) is 10.6. The summed E-state index contributed by atoms with van der Waals surface area (Å²) < 4.78 is 31.2. The van der Waals surface area contributed by atoms with E-state index in [4.69, 9.17) is 21.6 Å². The topological polar surface area (TPSA) is 114 Å². The van der Waals surface area contributed by atoms with Crippen molar-refractivity contribution in [1.29, 1.82) is 5.26 Å². The van der Waals surface area contributed by atoms with Gasteiger partial charge in [0.15, 0.2) is 0 Å². The highest BCUT2D eigenvalue weighted by molar-refractivity contribution is 14.1. The first-order valence-electron chi connectivity index (χ1n) is 9.10. The maximum atomic E-state index is 14.2. The number of nitrogens with zero attached hydrogens (tertiary/aromatic N) is 4. The molecule has 0 radical (unpaired) electrons. The molecule has 0 amide bonds. The van der Waals surface area contributed by atoms with Crippen molar-refractivity contribution < 1.29 is 13.5 Å². The fourth-order valence-corrected chi connectivity index (χ4v) is 3.87. The van der Waals surface area contributed by atoms with Gasteiger partial charge in [-0.05, 0) is 36.6 Å². The van der Waals surface area contributed by atoms with Crippen molar-refractivity contribution in [2.24, 2.45) is 0 Å². The van der Waals surface area contributed by atoms with Gasteiger partial charge in [0.25, 0.3) is 11.1 Å². The number of hydrogen-bond acceptors (Lipinski definition) is 6. The summed E-state index contributed by atoms with van der Waals surface area (Å²) in [6, 6.07) is 7.84. The molecule has 3 aromatic rings. The SMILES string of the molecule is COc1n[nH]c(=O)cc1Cn1cnc(C(F)(F)I)c(CCc2cc(Cl)cc(C#N)c2)c1=O. The third kappa shape index (κ3) is 5.49. The first kappa shape index (κ1) is 23.8. The summed E-state index contributed by atoms with van der Waals surface area (Å²) >= 11 is 6.93. The Morgan fingerprint density at radius 3 is 2.69 bits per heavy atom. The number of nitrogens with one attached hydrogen (secondary N) is 1. The smallest absolute Gasteiger partial charge is 0.338 e. The summed E-state index contributed by atoms with van der Waals surface area (Å²) in [5.74, 6) is 0.0873. The molecule has 0 bridgehead atoms. The lowest BCUT2D eigenvalue weighted by Gasteiger charge is -2.16. The van der Waals surface area contributed by atoms with E-state index in [2.05, 4.69) is 15.2 Å². The van der Waals surface area contributed by atoms with Gasteiger partial charge in [-0.1, -0.05) is 11.6 Å². The van der Waals surface area contributed by atoms with Gasteiger partial charge in [0.2, 0.25) is 5.88 Å². The summed E-state index contributed by atoms with van der Waals surface area (Å²) in [7, 11) is 1.34. The minimum Gasteiger partial charge on any atom is -0.480 e. The molecule has 32 heavy (non-hydrogen) atoms. The average Bonchev–Trinajstić information content (AvgIpc) is 2.73. The van der Waals surface area contributed by atoms with Crippen LogP contribution in [0.25, 0.3) is 0 Å². The van der Waals surface area contributed by atoms with E-state index < -0.39 is 20.7 Å². The number of methoxy groups -OCH3 is 1. The second-order valence-corrected chi connectivity index (χ2v) is 8.52. The van der Waals surface area contributed by atoms with E-state index in [0.717, 1.165) is 33.5 Å². The van der Waals surface area contributed by atoms with Gasteiger partial charge < -0.3 is 4.74 Å². The predicted octanol–water partition coefficient (Wildman–Crippen LogP) is 3.18. The second kappa shape index (κ2) is 9.74. The standard InChI is InChI=1S/C20H15ClF2IN5O3/c1-32-18-13(7-16(30)27-28-18)9-29-10-26-17(20(22,23)24)15(19(29)31)3-2-11-4-12(8-25)6-14(21)5-11/h4-7,10H,2-3,9H2,1H3,(H,27,30). The van der Waals surface area contributed by atoms with Crippen molar-refractivity contribution >= 4 is 34.2 Å². The van der Waals surface area contributed by atoms with Crippen molar-refractivity contribution in [3.05, 3.63) is 84.3 Å². The van der Waals surface area contributed by atoms with Crippen molar-refractivity contribution in [1.82, 2.24) is 19.7 Å². The molecular weight excluding hydrogens is 559 g/mol. The average molecular weight is 574 g/mol. The number of rotatable bonds is 7. The minimum atomic E-state index is -3.37. The number of H-pyrrole nitrogens is 1. The van der Waals surface area contributed by atoms with E-state index in [1.54, 1.807) is 12.1 Å². The van der Waals surface area contributed by atoms with E-state index in [1.165, 1.54) is 19.2 Å². The van der Waals surface area contributed by atoms with Gasteiger partial charge in [-0.3, -0.25) is 14.2 Å².